The molecule has 0 aromatic heterocycles. The van der Waals surface area contributed by atoms with Gasteiger partial charge in [0.2, 0.25) is 0 Å². The second-order valence-electron chi connectivity index (χ2n) is 7.35. The van der Waals surface area contributed by atoms with Crippen LogP contribution in [-0.4, -0.2) is 48.4 Å². The molecule has 7 nitrogen and oxygen atoms in total. The molecular formula is C23H26N2O5. The summed E-state index contributed by atoms with van der Waals surface area (Å²) in [5, 5.41) is 2.99. The Kier molecular flexibility index (Phi) is 7.06. The monoisotopic (exact) mass is 410 g/mol. The van der Waals surface area contributed by atoms with E-state index in [4.69, 9.17) is 9.47 Å². The number of ether oxygens (including phenoxy) is 2. The molecule has 7 heteroatoms. The van der Waals surface area contributed by atoms with E-state index in [0.29, 0.717) is 43.0 Å². The minimum absolute atomic E-state index is 0.00300. The fourth-order valence-electron chi connectivity index (χ4n) is 3.28. The maximum Gasteiger partial charge on any atom is 0.308 e. The van der Waals surface area contributed by atoms with Crippen molar-refractivity contribution < 1.29 is 23.9 Å². The van der Waals surface area contributed by atoms with Gasteiger partial charge in [-0.05, 0) is 50.1 Å². The van der Waals surface area contributed by atoms with Crippen molar-refractivity contribution in [3.63, 3.8) is 0 Å². The Morgan fingerprint density at radius 1 is 1.03 bits per heavy atom. The molecule has 0 aliphatic carbocycles. The summed E-state index contributed by atoms with van der Waals surface area (Å²) in [4.78, 5) is 37.7. The summed E-state index contributed by atoms with van der Waals surface area (Å²) in [6.45, 7) is 4.44. The third kappa shape index (κ3) is 6.07. The highest BCUT2D eigenvalue weighted by atomic mass is 16.5. The summed E-state index contributed by atoms with van der Waals surface area (Å²) in [5.74, 6) is 0.290. The molecule has 2 aromatic carbocycles. The van der Waals surface area contributed by atoms with Crippen LogP contribution in [0.15, 0.2) is 48.5 Å². The number of esters is 1. The van der Waals surface area contributed by atoms with Gasteiger partial charge in [0.25, 0.3) is 11.8 Å². The first-order valence-corrected chi connectivity index (χ1v) is 9.97. The fourth-order valence-corrected chi connectivity index (χ4v) is 3.28. The largest absolute Gasteiger partial charge is 0.484 e. The number of hydrogen-bond acceptors (Lipinski definition) is 5. The summed E-state index contributed by atoms with van der Waals surface area (Å²) in [6.07, 6.45) is 1.34. The number of amides is 2. The number of hydrogen-bond donors (Lipinski definition) is 1. The van der Waals surface area contributed by atoms with Crippen LogP contribution in [0.2, 0.25) is 0 Å². The van der Waals surface area contributed by atoms with Crippen LogP contribution in [0.3, 0.4) is 0 Å². The zero-order valence-corrected chi connectivity index (χ0v) is 17.2. The molecule has 1 N–H and O–H groups in total. The van der Waals surface area contributed by atoms with Gasteiger partial charge in [-0.1, -0.05) is 23.8 Å². The first-order valence-electron chi connectivity index (χ1n) is 9.97. The van der Waals surface area contributed by atoms with E-state index in [1.54, 1.807) is 23.1 Å². The van der Waals surface area contributed by atoms with Crippen molar-refractivity contribution in [3.8, 4) is 11.5 Å². The molecule has 0 bridgehead atoms. The molecule has 0 atom stereocenters. The first kappa shape index (κ1) is 21.4. The number of nitrogens with one attached hydrogen (secondary N) is 1. The standard InChI is InChI=1S/C23H26N2O5/c1-16-6-8-20(9-7-16)29-15-22(27)25-12-10-19(11-13-25)24-23(28)18-4-3-5-21(14-18)30-17(2)26/h3-9,14,19H,10-13,15H2,1-2H3,(H,24,28). The molecule has 1 aliphatic heterocycles. The van der Waals surface area contributed by atoms with Gasteiger partial charge in [-0.15, -0.1) is 0 Å². The highest BCUT2D eigenvalue weighted by Crippen LogP contribution is 2.16. The number of aryl methyl sites for hydroxylation is 1. The minimum atomic E-state index is -0.434. The van der Waals surface area contributed by atoms with Crippen LogP contribution in [0.1, 0.15) is 35.7 Å². The van der Waals surface area contributed by atoms with E-state index in [0.717, 1.165) is 5.56 Å². The molecule has 30 heavy (non-hydrogen) atoms. The van der Waals surface area contributed by atoms with Gasteiger partial charge in [-0.25, -0.2) is 0 Å². The molecule has 0 saturated carbocycles. The van der Waals surface area contributed by atoms with E-state index < -0.39 is 5.97 Å². The first-order chi connectivity index (χ1) is 14.4. The lowest BCUT2D eigenvalue weighted by Gasteiger charge is -2.32. The zero-order chi connectivity index (χ0) is 21.5. The maximum atomic E-state index is 12.5. The molecular weight excluding hydrogens is 384 g/mol. The Morgan fingerprint density at radius 3 is 2.40 bits per heavy atom. The van der Waals surface area contributed by atoms with Crippen molar-refractivity contribution in [1.82, 2.24) is 10.2 Å². The van der Waals surface area contributed by atoms with Crippen LogP contribution >= 0.6 is 0 Å². The van der Waals surface area contributed by atoms with Crippen LogP contribution < -0.4 is 14.8 Å². The Balaban J connectivity index is 1.44. The molecule has 1 fully saturated rings. The molecule has 2 amide bonds. The van der Waals surface area contributed by atoms with Gasteiger partial charge < -0.3 is 19.7 Å². The number of piperidine rings is 1. The molecule has 158 valence electrons. The lowest BCUT2D eigenvalue weighted by atomic mass is 10.0. The molecule has 0 spiro atoms. The molecule has 1 saturated heterocycles. The van der Waals surface area contributed by atoms with E-state index in [-0.39, 0.29) is 24.5 Å². The van der Waals surface area contributed by atoms with E-state index in [1.807, 2.05) is 31.2 Å². The van der Waals surface area contributed by atoms with Gasteiger partial charge in [0.1, 0.15) is 11.5 Å². The smallest absolute Gasteiger partial charge is 0.308 e. The average Bonchev–Trinajstić information content (AvgIpc) is 2.73. The van der Waals surface area contributed by atoms with E-state index in [2.05, 4.69) is 5.32 Å². The predicted molar refractivity (Wildman–Crippen MR) is 111 cm³/mol. The summed E-state index contributed by atoms with van der Waals surface area (Å²) in [5.41, 5.74) is 1.56. The number of rotatable bonds is 6. The highest BCUT2D eigenvalue weighted by molar-refractivity contribution is 5.95. The van der Waals surface area contributed by atoms with E-state index in [1.165, 1.54) is 13.0 Å². The van der Waals surface area contributed by atoms with Crippen LogP contribution in [0, 0.1) is 6.92 Å². The average molecular weight is 410 g/mol. The van der Waals surface area contributed by atoms with Crippen molar-refractivity contribution in [2.45, 2.75) is 32.7 Å². The zero-order valence-electron chi connectivity index (χ0n) is 17.2. The SMILES string of the molecule is CC(=O)Oc1cccc(C(=O)NC2CCN(C(=O)COc3ccc(C)cc3)CC2)c1. The van der Waals surface area contributed by atoms with Crippen LogP contribution in [-0.2, 0) is 9.59 Å². The Morgan fingerprint density at radius 2 is 1.73 bits per heavy atom. The van der Waals surface area contributed by atoms with Gasteiger partial charge in [0, 0.05) is 31.6 Å². The third-order valence-corrected chi connectivity index (χ3v) is 4.92. The quantitative estimate of drug-likeness (QED) is 0.585. The molecule has 1 heterocycles. The van der Waals surface area contributed by atoms with Crippen molar-refractivity contribution in [3.05, 3.63) is 59.7 Å². The summed E-state index contributed by atoms with van der Waals surface area (Å²) < 4.78 is 10.6. The van der Waals surface area contributed by atoms with Crippen molar-refractivity contribution in [2.24, 2.45) is 0 Å². The van der Waals surface area contributed by atoms with Crippen LogP contribution in [0.4, 0.5) is 0 Å². The molecule has 2 aromatic rings. The van der Waals surface area contributed by atoms with E-state index >= 15 is 0 Å². The van der Waals surface area contributed by atoms with Crippen molar-refractivity contribution in [1.29, 1.82) is 0 Å². The van der Waals surface area contributed by atoms with Gasteiger partial charge in [-0.3, -0.25) is 14.4 Å². The molecule has 0 unspecified atom stereocenters. The molecule has 3 rings (SSSR count). The number of carbonyl (C=O) groups is 3. The Hall–Kier alpha value is -3.35. The van der Waals surface area contributed by atoms with Crippen molar-refractivity contribution >= 4 is 17.8 Å². The topological polar surface area (TPSA) is 84.9 Å². The third-order valence-electron chi connectivity index (χ3n) is 4.92. The number of nitrogens with zero attached hydrogens (tertiary/aromatic N) is 1. The maximum absolute atomic E-state index is 12.5. The molecule has 1 aliphatic rings. The number of benzene rings is 2. The lowest BCUT2D eigenvalue weighted by Crippen LogP contribution is -2.47. The molecule has 0 radical (unpaired) electrons. The summed E-state index contributed by atoms with van der Waals surface area (Å²) in [7, 11) is 0. The van der Waals surface area contributed by atoms with E-state index in [9.17, 15) is 14.4 Å². The van der Waals surface area contributed by atoms with Crippen molar-refractivity contribution in [2.75, 3.05) is 19.7 Å². The summed E-state index contributed by atoms with van der Waals surface area (Å²) >= 11 is 0. The minimum Gasteiger partial charge on any atom is -0.484 e. The number of likely N-dealkylation sites (tertiary alicyclic amines) is 1. The second kappa shape index (κ2) is 9.91. The number of carbonyl (C=O) groups excluding carboxylic acids is 3. The van der Waals surface area contributed by atoms with Crippen LogP contribution in [0.5, 0.6) is 11.5 Å². The van der Waals surface area contributed by atoms with Gasteiger partial charge in [0.15, 0.2) is 6.61 Å². The Bertz CT molecular complexity index is 902. The Labute approximate surface area is 176 Å². The summed E-state index contributed by atoms with van der Waals surface area (Å²) in [6, 6.07) is 14.1. The normalized spacial score (nSPS) is 14.1. The van der Waals surface area contributed by atoms with Gasteiger partial charge >= 0.3 is 5.97 Å². The lowest BCUT2D eigenvalue weighted by molar-refractivity contribution is -0.134. The van der Waals surface area contributed by atoms with Crippen LogP contribution in [0.25, 0.3) is 0 Å². The van der Waals surface area contributed by atoms with Gasteiger partial charge in [0.05, 0.1) is 0 Å². The van der Waals surface area contributed by atoms with Gasteiger partial charge in [-0.2, -0.15) is 0 Å². The highest BCUT2D eigenvalue weighted by Gasteiger charge is 2.24. The predicted octanol–water partition coefficient (Wildman–Crippen LogP) is 2.72. The second-order valence-corrected chi connectivity index (χ2v) is 7.35. The fraction of sp³-hybridized carbons (Fsp3) is 0.348.